The topological polar surface area (TPSA) is 72.0 Å². The van der Waals surface area contributed by atoms with Crippen molar-refractivity contribution >= 4 is 21.6 Å². The van der Waals surface area contributed by atoms with Crippen molar-refractivity contribution < 1.29 is 8.42 Å². The lowest BCUT2D eigenvalue weighted by Gasteiger charge is -2.17. The zero-order valence-corrected chi connectivity index (χ0v) is 13.1. The fourth-order valence-electron chi connectivity index (χ4n) is 1.93. The molecule has 1 atom stereocenters. The first-order valence-corrected chi connectivity index (χ1v) is 8.43. The summed E-state index contributed by atoms with van der Waals surface area (Å²) in [5.41, 5.74) is 0.693. The third-order valence-electron chi connectivity index (χ3n) is 2.91. The van der Waals surface area contributed by atoms with Crippen LogP contribution in [0.15, 0.2) is 47.8 Å². The first kappa shape index (κ1) is 15.9. The van der Waals surface area contributed by atoms with E-state index in [4.69, 9.17) is 11.6 Å². The molecule has 7 heteroatoms. The summed E-state index contributed by atoms with van der Waals surface area (Å²) in [5.74, 6) is 0. The Morgan fingerprint density at radius 2 is 2.14 bits per heavy atom. The highest BCUT2D eigenvalue weighted by atomic mass is 35.5. The van der Waals surface area contributed by atoms with Crippen LogP contribution >= 0.6 is 11.6 Å². The largest absolute Gasteiger partial charge is 0.262 e. The van der Waals surface area contributed by atoms with Crippen molar-refractivity contribution in [3.63, 3.8) is 0 Å². The molecule has 112 valence electrons. The van der Waals surface area contributed by atoms with Gasteiger partial charge >= 0.3 is 0 Å². The maximum atomic E-state index is 12.4. The van der Waals surface area contributed by atoms with Crippen LogP contribution < -0.4 is 4.72 Å². The van der Waals surface area contributed by atoms with Crippen molar-refractivity contribution in [3.8, 4) is 0 Å². The predicted octanol–water partition coefficient (Wildman–Crippen LogP) is 2.95. The number of nitrogens with one attached hydrogen (secondary N) is 1. The summed E-state index contributed by atoms with van der Waals surface area (Å²) in [6, 6.07) is 6.43. The minimum Gasteiger partial charge on any atom is -0.262 e. The van der Waals surface area contributed by atoms with Crippen LogP contribution in [-0.4, -0.2) is 18.4 Å². The van der Waals surface area contributed by atoms with E-state index in [1.165, 1.54) is 18.5 Å². The number of hydrogen-bond donors (Lipinski definition) is 1. The Bertz CT molecular complexity index is 692. The van der Waals surface area contributed by atoms with E-state index in [2.05, 4.69) is 14.7 Å². The maximum Gasteiger partial charge on any atom is 0.242 e. The Balaban J connectivity index is 2.28. The molecule has 0 aromatic carbocycles. The predicted molar refractivity (Wildman–Crippen MR) is 81.5 cm³/mol. The van der Waals surface area contributed by atoms with Crippen LogP contribution in [0.5, 0.6) is 0 Å². The normalized spacial score (nSPS) is 13.0. The molecule has 5 nitrogen and oxygen atoms in total. The minimum atomic E-state index is -3.69. The fraction of sp³-hybridized carbons (Fsp3) is 0.286. The van der Waals surface area contributed by atoms with Crippen molar-refractivity contribution in [1.29, 1.82) is 0 Å². The summed E-state index contributed by atoms with van der Waals surface area (Å²) in [7, 11) is -3.69. The van der Waals surface area contributed by atoms with Gasteiger partial charge in [-0.2, -0.15) is 0 Å². The van der Waals surface area contributed by atoms with Gasteiger partial charge in [0, 0.05) is 18.6 Å². The first-order valence-electron chi connectivity index (χ1n) is 6.56. The minimum absolute atomic E-state index is 0.0482. The fourth-order valence-corrected chi connectivity index (χ4v) is 3.40. The second kappa shape index (κ2) is 6.98. The summed E-state index contributed by atoms with van der Waals surface area (Å²) >= 11 is 5.80. The smallest absolute Gasteiger partial charge is 0.242 e. The number of sulfonamides is 1. The zero-order chi connectivity index (χ0) is 15.3. The van der Waals surface area contributed by atoms with Gasteiger partial charge in [-0.25, -0.2) is 13.1 Å². The van der Waals surface area contributed by atoms with Gasteiger partial charge in [0.2, 0.25) is 10.0 Å². The molecule has 0 aliphatic carbocycles. The quantitative estimate of drug-likeness (QED) is 0.886. The van der Waals surface area contributed by atoms with E-state index in [0.29, 0.717) is 12.1 Å². The lowest BCUT2D eigenvalue weighted by molar-refractivity contribution is 0.529. The molecular weight excluding hydrogens is 310 g/mol. The molecule has 0 saturated heterocycles. The number of aromatic nitrogens is 2. The molecule has 0 radical (unpaired) electrons. The summed E-state index contributed by atoms with van der Waals surface area (Å²) in [4.78, 5) is 8.08. The Hall–Kier alpha value is -1.50. The molecule has 0 saturated carbocycles. The molecule has 0 spiro atoms. The molecule has 2 heterocycles. The van der Waals surface area contributed by atoms with Gasteiger partial charge in [0.25, 0.3) is 0 Å². The third-order valence-corrected chi connectivity index (χ3v) is 4.56. The van der Waals surface area contributed by atoms with Crippen molar-refractivity contribution in [2.75, 3.05) is 0 Å². The van der Waals surface area contributed by atoms with Gasteiger partial charge in [-0.15, -0.1) is 0 Å². The second-order valence-corrected chi connectivity index (χ2v) is 6.71. The Morgan fingerprint density at radius 1 is 1.33 bits per heavy atom. The van der Waals surface area contributed by atoms with Crippen molar-refractivity contribution in [2.45, 2.75) is 30.7 Å². The van der Waals surface area contributed by atoms with Crippen molar-refractivity contribution in [3.05, 3.63) is 53.6 Å². The number of nitrogens with zero attached hydrogens (tertiary/aromatic N) is 2. The molecule has 21 heavy (non-hydrogen) atoms. The lowest BCUT2D eigenvalue weighted by atomic mass is 10.1. The molecule has 0 unspecified atom stereocenters. The average molecular weight is 326 g/mol. The number of halogens is 1. The van der Waals surface area contributed by atoms with Crippen LogP contribution in [0, 0.1) is 0 Å². The molecular formula is C14H16ClN3O2S. The monoisotopic (exact) mass is 325 g/mol. The van der Waals surface area contributed by atoms with Gasteiger partial charge in [-0.3, -0.25) is 9.97 Å². The first-order chi connectivity index (χ1) is 10.0. The number of hydrogen-bond acceptors (Lipinski definition) is 4. The van der Waals surface area contributed by atoms with Crippen molar-refractivity contribution in [1.82, 2.24) is 14.7 Å². The Morgan fingerprint density at radius 3 is 2.76 bits per heavy atom. The van der Waals surface area contributed by atoms with Gasteiger partial charge in [-0.1, -0.05) is 31.0 Å². The SMILES string of the molecule is CCC[C@H](NS(=O)(=O)c1cncc(Cl)c1)c1ccccn1. The zero-order valence-electron chi connectivity index (χ0n) is 11.5. The molecule has 0 fully saturated rings. The summed E-state index contributed by atoms with van der Waals surface area (Å²) in [5, 5.41) is 0.280. The van der Waals surface area contributed by atoms with Crippen LogP contribution in [0.4, 0.5) is 0 Å². The molecule has 2 rings (SSSR count). The Kier molecular flexibility index (Phi) is 5.27. The highest BCUT2D eigenvalue weighted by Gasteiger charge is 2.22. The number of rotatable bonds is 6. The van der Waals surface area contributed by atoms with Crippen LogP contribution in [-0.2, 0) is 10.0 Å². The molecule has 0 bridgehead atoms. The van der Waals surface area contributed by atoms with E-state index < -0.39 is 10.0 Å². The van der Waals surface area contributed by atoms with Gasteiger partial charge in [0.15, 0.2) is 0 Å². The van der Waals surface area contributed by atoms with Crippen LogP contribution in [0.1, 0.15) is 31.5 Å². The van der Waals surface area contributed by atoms with E-state index in [1.807, 2.05) is 13.0 Å². The standard InChI is InChI=1S/C14H16ClN3O2S/c1-2-5-14(13-6-3-4-7-17-13)18-21(19,20)12-8-11(15)9-16-10-12/h3-4,6-10,14,18H,2,5H2,1H3/t14-/m0/s1. The van der Waals surface area contributed by atoms with E-state index in [-0.39, 0.29) is 16.0 Å². The van der Waals surface area contributed by atoms with Crippen LogP contribution in [0.3, 0.4) is 0 Å². The molecule has 0 amide bonds. The summed E-state index contributed by atoms with van der Waals surface area (Å²) in [6.45, 7) is 1.99. The molecule has 0 aliphatic rings. The maximum absolute atomic E-state index is 12.4. The third kappa shape index (κ3) is 4.23. The van der Waals surface area contributed by atoms with Crippen molar-refractivity contribution in [2.24, 2.45) is 0 Å². The molecule has 1 N–H and O–H groups in total. The highest BCUT2D eigenvalue weighted by molar-refractivity contribution is 7.89. The van der Waals surface area contributed by atoms with Gasteiger partial charge in [0.05, 0.1) is 16.8 Å². The van der Waals surface area contributed by atoms with Gasteiger partial charge in [0.1, 0.15) is 4.90 Å². The van der Waals surface area contributed by atoms with E-state index in [1.54, 1.807) is 18.3 Å². The summed E-state index contributed by atoms with van der Waals surface area (Å²) in [6.07, 6.45) is 5.80. The Labute approximate surface area is 129 Å². The summed E-state index contributed by atoms with van der Waals surface area (Å²) < 4.78 is 27.5. The molecule has 2 aromatic heterocycles. The number of pyridine rings is 2. The van der Waals surface area contributed by atoms with Gasteiger partial charge in [-0.05, 0) is 24.6 Å². The lowest BCUT2D eigenvalue weighted by Crippen LogP contribution is -2.29. The van der Waals surface area contributed by atoms with Gasteiger partial charge < -0.3 is 0 Å². The van der Waals surface area contributed by atoms with Crippen LogP contribution in [0.25, 0.3) is 0 Å². The van der Waals surface area contributed by atoms with E-state index >= 15 is 0 Å². The van der Waals surface area contributed by atoms with Crippen LogP contribution in [0.2, 0.25) is 5.02 Å². The van der Waals surface area contributed by atoms with E-state index in [0.717, 1.165) is 6.42 Å². The highest BCUT2D eigenvalue weighted by Crippen LogP contribution is 2.20. The molecule has 0 aliphatic heterocycles. The second-order valence-electron chi connectivity index (χ2n) is 4.56. The van der Waals surface area contributed by atoms with E-state index in [9.17, 15) is 8.42 Å². The molecule has 2 aromatic rings. The average Bonchev–Trinajstić information content (AvgIpc) is 2.47.